The third-order valence-corrected chi connectivity index (χ3v) is 3.71. The lowest BCUT2D eigenvalue weighted by molar-refractivity contribution is 0.102. The maximum Gasteiger partial charge on any atom is 0.255 e. The number of anilines is 1. The van der Waals surface area contributed by atoms with Crippen molar-refractivity contribution in [3.8, 4) is 23.0 Å². The second-order valence-corrected chi connectivity index (χ2v) is 6.32. The molecule has 2 aromatic rings. The molecule has 0 bridgehead atoms. The highest BCUT2D eigenvalue weighted by atomic mass is 16.7. The van der Waals surface area contributed by atoms with Gasteiger partial charge in [0.05, 0.1) is 13.2 Å². The number of rotatable bonds is 7. The van der Waals surface area contributed by atoms with Gasteiger partial charge in [0.25, 0.3) is 5.91 Å². The molecule has 6 nitrogen and oxygen atoms in total. The standard InChI is InChI=1S/C20H23NO5/c1-4-23-18-9-14(5-7-16(18)24-11-13(2)3)20(22)21-15-6-8-17-19(10-15)26-12-25-17/h5-10,13H,4,11-12H2,1-3H3,(H,21,22). The number of carbonyl (C=O) groups excluding carboxylic acids is 1. The molecule has 1 amide bonds. The quantitative estimate of drug-likeness (QED) is 0.808. The minimum absolute atomic E-state index is 0.197. The molecule has 1 aliphatic heterocycles. The predicted octanol–water partition coefficient (Wildman–Crippen LogP) is 4.10. The molecule has 138 valence electrons. The third kappa shape index (κ3) is 4.20. The third-order valence-electron chi connectivity index (χ3n) is 3.71. The van der Waals surface area contributed by atoms with E-state index in [1.165, 1.54) is 0 Å². The molecular weight excluding hydrogens is 334 g/mol. The highest BCUT2D eigenvalue weighted by Crippen LogP contribution is 2.34. The summed E-state index contributed by atoms with van der Waals surface area (Å²) in [6.45, 7) is 7.32. The first-order valence-electron chi connectivity index (χ1n) is 8.67. The van der Waals surface area contributed by atoms with E-state index in [4.69, 9.17) is 18.9 Å². The van der Waals surface area contributed by atoms with E-state index in [1.54, 1.807) is 36.4 Å². The van der Waals surface area contributed by atoms with Gasteiger partial charge >= 0.3 is 0 Å². The zero-order valence-corrected chi connectivity index (χ0v) is 15.2. The van der Waals surface area contributed by atoms with Gasteiger partial charge in [-0.05, 0) is 43.2 Å². The molecule has 0 unspecified atom stereocenters. The van der Waals surface area contributed by atoms with Crippen molar-refractivity contribution in [1.29, 1.82) is 0 Å². The van der Waals surface area contributed by atoms with Crippen LogP contribution in [0.4, 0.5) is 5.69 Å². The van der Waals surface area contributed by atoms with Crippen LogP contribution in [0.25, 0.3) is 0 Å². The molecule has 2 aromatic carbocycles. The number of carbonyl (C=O) groups is 1. The molecule has 6 heteroatoms. The Morgan fingerprint density at radius 1 is 1.08 bits per heavy atom. The van der Waals surface area contributed by atoms with Gasteiger partial charge in [-0.1, -0.05) is 13.8 Å². The lowest BCUT2D eigenvalue weighted by Gasteiger charge is -2.14. The summed E-state index contributed by atoms with van der Waals surface area (Å²) >= 11 is 0. The van der Waals surface area contributed by atoms with Crippen molar-refractivity contribution < 1.29 is 23.7 Å². The zero-order valence-electron chi connectivity index (χ0n) is 15.2. The van der Waals surface area contributed by atoms with Gasteiger partial charge in [0.15, 0.2) is 23.0 Å². The van der Waals surface area contributed by atoms with Crippen molar-refractivity contribution in [3.05, 3.63) is 42.0 Å². The summed E-state index contributed by atoms with van der Waals surface area (Å²) in [4.78, 5) is 12.6. The molecule has 1 N–H and O–H groups in total. The van der Waals surface area contributed by atoms with Crippen molar-refractivity contribution in [2.24, 2.45) is 5.92 Å². The van der Waals surface area contributed by atoms with E-state index in [2.05, 4.69) is 19.2 Å². The Balaban J connectivity index is 1.75. The van der Waals surface area contributed by atoms with Crippen LogP contribution in [0.15, 0.2) is 36.4 Å². The van der Waals surface area contributed by atoms with Gasteiger partial charge in [-0.25, -0.2) is 0 Å². The van der Waals surface area contributed by atoms with Gasteiger partial charge in [-0.3, -0.25) is 4.79 Å². The molecule has 0 atom stereocenters. The van der Waals surface area contributed by atoms with E-state index in [9.17, 15) is 4.79 Å². The van der Waals surface area contributed by atoms with Crippen molar-refractivity contribution >= 4 is 11.6 Å². The average molecular weight is 357 g/mol. The van der Waals surface area contributed by atoms with Crippen LogP contribution in [-0.4, -0.2) is 25.9 Å². The average Bonchev–Trinajstić information content (AvgIpc) is 3.08. The van der Waals surface area contributed by atoms with Gasteiger partial charge in [-0.2, -0.15) is 0 Å². The number of benzene rings is 2. The zero-order chi connectivity index (χ0) is 18.5. The summed E-state index contributed by atoms with van der Waals surface area (Å²) in [5, 5.41) is 2.86. The lowest BCUT2D eigenvalue weighted by Crippen LogP contribution is -2.13. The fraction of sp³-hybridized carbons (Fsp3) is 0.350. The van der Waals surface area contributed by atoms with Crippen LogP contribution in [-0.2, 0) is 0 Å². The molecule has 0 saturated carbocycles. The predicted molar refractivity (Wildman–Crippen MR) is 98.5 cm³/mol. The number of nitrogens with one attached hydrogen (secondary N) is 1. The number of ether oxygens (including phenoxy) is 4. The van der Waals surface area contributed by atoms with E-state index in [0.29, 0.717) is 53.4 Å². The molecule has 3 rings (SSSR count). The number of hydrogen-bond acceptors (Lipinski definition) is 5. The smallest absolute Gasteiger partial charge is 0.255 e. The fourth-order valence-corrected chi connectivity index (χ4v) is 2.47. The Bertz CT molecular complexity index is 788. The first kappa shape index (κ1) is 17.9. The van der Waals surface area contributed by atoms with E-state index >= 15 is 0 Å². The largest absolute Gasteiger partial charge is 0.490 e. The van der Waals surface area contributed by atoms with Gasteiger partial charge in [0.2, 0.25) is 6.79 Å². The SMILES string of the molecule is CCOc1cc(C(=O)Nc2ccc3c(c2)OCO3)ccc1OCC(C)C. The van der Waals surface area contributed by atoms with Gasteiger partial charge in [0.1, 0.15) is 0 Å². The Hall–Kier alpha value is -2.89. The molecular formula is C20H23NO5. The Kier molecular flexibility index (Phi) is 5.51. The molecule has 0 spiro atoms. The summed E-state index contributed by atoms with van der Waals surface area (Å²) < 4.78 is 22.0. The maximum atomic E-state index is 12.6. The van der Waals surface area contributed by atoms with Crippen LogP contribution >= 0.6 is 0 Å². The first-order valence-corrected chi connectivity index (χ1v) is 8.67. The monoisotopic (exact) mass is 357 g/mol. The summed E-state index contributed by atoms with van der Waals surface area (Å²) in [6, 6.07) is 10.5. The fourth-order valence-electron chi connectivity index (χ4n) is 2.47. The van der Waals surface area contributed by atoms with Gasteiger partial charge in [-0.15, -0.1) is 0 Å². The summed E-state index contributed by atoms with van der Waals surface area (Å²) in [5.74, 6) is 2.66. The van der Waals surface area contributed by atoms with Crippen LogP contribution in [0.2, 0.25) is 0 Å². The van der Waals surface area contributed by atoms with Gasteiger partial charge < -0.3 is 24.3 Å². The Labute approximate surface area is 153 Å². The lowest BCUT2D eigenvalue weighted by atomic mass is 10.1. The van der Waals surface area contributed by atoms with Crippen molar-refractivity contribution in [2.75, 3.05) is 25.3 Å². The van der Waals surface area contributed by atoms with E-state index in [-0.39, 0.29) is 12.7 Å². The summed E-state index contributed by atoms with van der Waals surface area (Å²) in [7, 11) is 0. The van der Waals surface area contributed by atoms with E-state index < -0.39 is 0 Å². The van der Waals surface area contributed by atoms with E-state index in [1.807, 2.05) is 6.92 Å². The van der Waals surface area contributed by atoms with Crippen LogP contribution in [0.1, 0.15) is 31.1 Å². The van der Waals surface area contributed by atoms with Crippen molar-refractivity contribution in [2.45, 2.75) is 20.8 Å². The van der Waals surface area contributed by atoms with Crippen LogP contribution in [0, 0.1) is 5.92 Å². The first-order chi connectivity index (χ1) is 12.6. The van der Waals surface area contributed by atoms with Crippen LogP contribution < -0.4 is 24.3 Å². The second kappa shape index (κ2) is 7.99. The normalized spacial score (nSPS) is 12.2. The summed E-state index contributed by atoms with van der Waals surface area (Å²) in [6.07, 6.45) is 0. The Morgan fingerprint density at radius 2 is 1.88 bits per heavy atom. The highest BCUT2D eigenvalue weighted by molar-refractivity contribution is 6.04. The van der Waals surface area contributed by atoms with E-state index in [0.717, 1.165) is 0 Å². The molecule has 0 aromatic heterocycles. The number of hydrogen-bond donors (Lipinski definition) is 1. The van der Waals surface area contributed by atoms with Crippen LogP contribution in [0.5, 0.6) is 23.0 Å². The second-order valence-electron chi connectivity index (χ2n) is 6.32. The topological polar surface area (TPSA) is 66.0 Å². The summed E-state index contributed by atoms with van der Waals surface area (Å²) in [5.41, 5.74) is 1.13. The molecule has 1 aliphatic rings. The Morgan fingerprint density at radius 3 is 2.65 bits per heavy atom. The molecule has 0 fully saturated rings. The molecule has 0 aliphatic carbocycles. The number of amides is 1. The minimum atomic E-state index is -0.236. The molecule has 1 heterocycles. The van der Waals surface area contributed by atoms with Crippen LogP contribution in [0.3, 0.4) is 0 Å². The number of fused-ring (bicyclic) bond motifs is 1. The highest BCUT2D eigenvalue weighted by Gasteiger charge is 2.16. The molecule has 0 radical (unpaired) electrons. The van der Waals surface area contributed by atoms with Gasteiger partial charge in [0, 0.05) is 17.3 Å². The maximum absolute atomic E-state index is 12.6. The molecule has 0 saturated heterocycles. The van der Waals surface area contributed by atoms with Crippen molar-refractivity contribution in [1.82, 2.24) is 0 Å². The molecule has 26 heavy (non-hydrogen) atoms. The van der Waals surface area contributed by atoms with Crippen molar-refractivity contribution in [3.63, 3.8) is 0 Å². The minimum Gasteiger partial charge on any atom is -0.490 e.